The molecule has 1 saturated heterocycles. The largest absolute Gasteiger partial charge is 0.467 e. The maximum Gasteiger partial charge on any atom is 0.339 e. The second kappa shape index (κ2) is 10.9. The van der Waals surface area contributed by atoms with Crippen LogP contribution in [0.4, 0.5) is 0 Å². The summed E-state index contributed by atoms with van der Waals surface area (Å²) in [6, 6.07) is 7.31. The summed E-state index contributed by atoms with van der Waals surface area (Å²) in [4.78, 5) is 48.2. The number of aromatic nitrogens is 3. The lowest BCUT2D eigenvalue weighted by Gasteiger charge is -2.43. The first-order chi connectivity index (χ1) is 16.6. The maximum atomic E-state index is 12.5. The zero-order valence-corrected chi connectivity index (χ0v) is 19.6. The maximum absolute atomic E-state index is 12.5. The van der Waals surface area contributed by atoms with E-state index in [1.807, 2.05) is 24.3 Å². The van der Waals surface area contributed by atoms with E-state index >= 15 is 0 Å². The highest BCUT2D eigenvalue weighted by atomic mass is 16.7. The van der Waals surface area contributed by atoms with E-state index in [-0.39, 0.29) is 0 Å². The average Bonchev–Trinajstić information content (AvgIpc) is 3.30. The Morgan fingerprint density at radius 2 is 1.51 bits per heavy atom. The van der Waals surface area contributed by atoms with Crippen LogP contribution in [-0.2, 0) is 42.9 Å². The van der Waals surface area contributed by atoms with Crippen molar-refractivity contribution in [2.75, 3.05) is 7.11 Å². The van der Waals surface area contributed by atoms with Crippen LogP contribution in [0.25, 0.3) is 17.3 Å². The van der Waals surface area contributed by atoms with Crippen molar-refractivity contribution in [1.82, 2.24) is 15.0 Å². The van der Waals surface area contributed by atoms with Crippen LogP contribution in [0.1, 0.15) is 32.6 Å². The van der Waals surface area contributed by atoms with Crippen LogP contribution in [0, 0.1) is 0 Å². The summed E-state index contributed by atoms with van der Waals surface area (Å²) >= 11 is 0. The van der Waals surface area contributed by atoms with Crippen molar-refractivity contribution in [3.05, 3.63) is 42.6 Å². The minimum atomic E-state index is -1.52. The van der Waals surface area contributed by atoms with E-state index in [1.165, 1.54) is 10.9 Å². The average molecular weight is 487 g/mol. The molecule has 0 amide bonds. The lowest BCUT2D eigenvalue weighted by atomic mass is 9.96. The van der Waals surface area contributed by atoms with Gasteiger partial charge in [0.25, 0.3) is 0 Å². The predicted octanol–water partition coefficient (Wildman–Crippen LogP) is 1.45. The predicted molar refractivity (Wildman–Crippen MR) is 118 cm³/mol. The number of nitrogens with zero attached hydrogens (tertiary/aromatic N) is 3. The molecule has 0 bridgehead atoms. The molecular formula is C23H25N3O9. The number of hydrogen-bond acceptors (Lipinski definition) is 11. The summed E-state index contributed by atoms with van der Waals surface area (Å²) in [5.74, 6) is -3.19. The molecule has 2 aromatic rings. The van der Waals surface area contributed by atoms with Gasteiger partial charge in [0.1, 0.15) is 5.69 Å². The van der Waals surface area contributed by atoms with Gasteiger partial charge in [-0.3, -0.25) is 14.4 Å². The van der Waals surface area contributed by atoms with Gasteiger partial charge in [-0.05, 0) is 5.56 Å². The standard InChI is InChI=1S/C23H25N3O9/c1-6-15-7-9-16(10-8-15)17-11-26(25-24-17)22-20(34-14(4)29)18(32-12(2)27)19(33-13(3)28)21(35-22)23(30)31-5/h6-11,18-22H,1H2,2-5H3/t18-,19+,20+,21-,22-/m1/s1. The Morgan fingerprint density at radius 3 is 2.06 bits per heavy atom. The second-order valence-corrected chi connectivity index (χ2v) is 7.60. The monoisotopic (exact) mass is 487 g/mol. The van der Waals surface area contributed by atoms with Crippen molar-refractivity contribution < 1.29 is 42.9 Å². The Balaban J connectivity index is 2.06. The Morgan fingerprint density at radius 1 is 0.943 bits per heavy atom. The van der Waals surface area contributed by atoms with Gasteiger partial charge in [0, 0.05) is 26.3 Å². The van der Waals surface area contributed by atoms with Crippen LogP contribution in [0.15, 0.2) is 37.0 Å². The van der Waals surface area contributed by atoms with Crippen molar-refractivity contribution in [3.63, 3.8) is 0 Å². The van der Waals surface area contributed by atoms with Crippen LogP contribution >= 0.6 is 0 Å². The number of carbonyl (C=O) groups is 4. The van der Waals surface area contributed by atoms with Gasteiger partial charge in [0.05, 0.1) is 13.3 Å². The summed E-state index contributed by atoms with van der Waals surface area (Å²) < 4.78 is 27.9. The number of esters is 4. The molecule has 35 heavy (non-hydrogen) atoms. The van der Waals surface area contributed by atoms with Gasteiger partial charge in [-0.1, -0.05) is 42.1 Å². The SMILES string of the molecule is C=Cc1ccc(-c2cn([C@@H]3O[C@@H](C(=O)OC)[C@@H](OC(C)=O)[C@@H](OC(C)=O)[C@@H]3OC(C)=O)nn2)cc1. The summed E-state index contributed by atoms with van der Waals surface area (Å²) in [6.45, 7) is 7.08. The molecule has 1 fully saturated rings. The summed E-state index contributed by atoms with van der Waals surface area (Å²) in [7, 11) is 1.12. The van der Waals surface area contributed by atoms with Gasteiger partial charge in [-0.2, -0.15) is 0 Å². The van der Waals surface area contributed by atoms with Crippen LogP contribution in [-0.4, -0.2) is 70.4 Å². The fourth-order valence-electron chi connectivity index (χ4n) is 3.63. The molecule has 1 aliphatic rings. The van der Waals surface area contributed by atoms with E-state index in [0.717, 1.165) is 39.0 Å². The third-order valence-corrected chi connectivity index (χ3v) is 5.07. The molecule has 0 saturated carbocycles. The topological polar surface area (TPSA) is 145 Å². The lowest BCUT2D eigenvalue weighted by Crippen LogP contribution is -2.61. The third-order valence-electron chi connectivity index (χ3n) is 5.07. The quantitative estimate of drug-likeness (QED) is 0.413. The van der Waals surface area contributed by atoms with Gasteiger partial charge >= 0.3 is 23.9 Å². The van der Waals surface area contributed by atoms with Crippen LogP contribution in [0.3, 0.4) is 0 Å². The van der Waals surface area contributed by atoms with E-state index in [0.29, 0.717) is 5.69 Å². The molecule has 0 aliphatic carbocycles. The summed E-state index contributed by atoms with van der Waals surface area (Å²) in [5.41, 5.74) is 2.08. The molecule has 0 unspecified atom stereocenters. The highest BCUT2D eigenvalue weighted by Gasteiger charge is 2.55. The first-order valence-electron chi connectivity index (χ1n) is 10.5. The Kier molecular flexibility index (Phi) is 7.97. The van der Waals surface area contributed by atoms with Gasteiger partial charge in [0.15, 0.2) is 30.6 Å². The molecule has 2 heterocycles. The molecule has 1 aliphatic heterocycles. The Labute approximate surface area is 200 Å². The molecule has 0 spiro atoms. The van der Waals surface area contributed by atoms with Crippen LogP contribution in [0.5, 0.6) is 0 Å². The molecule has 5 atom stereocenters. The zero-order chi connectivity index (χ0) is 25.7. The normalized spacial score (nSPS) is 23.6. The van der Waals surface area contributed by atoms with Crippen molar-refractivity contribution >= 4 is 30.0 Å². The highest BCUT2D eigenvalue weighted by Crippen LogP contribution is 2.35. The van der Waals surface area contributed by atoms with Crippen molar-refractivity contribution in [2.24, 2.45) is 0 Å². The number of methoxy groups -OCH3 is 1. The number of ether oxygens (including phenoxy) is 5. The molecule has 12 heteroatoms. The molecule has 1 aromatic carbocycles. The summed E-state index contributed by atoms with van der Waals surface area (Å²) in [6.07, 6.45) is -3.82. The molecule has 12 nitrogen and oxygen atoms in total. The third kappa shape index (κ3) is 5.90. The van der Waals surface area contributed by atoms with Crippen LogP contribution in [0.2, 0.25) is 0 Å². The molecular weight excluding hydrogens is 462 g/mol. The first kappa shape index (κ1) is 25.6. The first-order valence-corrected chi connectivity index (χ1v) is 10.5. The fraction of sp³-hybridized carbons (Fsp3) is 0.391. The smallest absolute Gasteiger partial charge is 0.339 e. The van der Waals surface area contributed by atoms with Gasteiger partial charge < -0.3 is 23.7 Å². The van der Waals surface area contributed by atoms with E-state index in [9.17, 15) is 19.2 Å². The van der Waals surface area contributed by atoms with Gasteiger partial charge in [-0.15, -0.1) is 5.10 Å². The minimum absolute atomic E-state index is 0.451. The fourth-order valence-corrected chi connectivity index (χ4v) is 3.63. The summed E-state index contributed by atoms with van der Waals surface area (Å²) in [5, 5.41) is 8.20. The van der Waals surface area contributed by atoms with E-state index in [2.05, 4.69) is 16.9 Å². The van der Waals surface area contributed by atoms with Crippen molar-refractivity contribution in [2.45, 2.75) is 51.4 Å². The van der Waals surface area contributed by atoms with Crippen molar-refractivity contribution in [3.8, 4) is 11.3 Å². The number of hydrogen-bond donors (Lipinski definition) is 0. The Bertz CT molecular complexity index is 1110. The van der Waals surface area contributed by atoms with Gasteiger partial charge in [-0.25, -0.2) is 9.48 Å². The van der Waals surface area contributed by atoms with E-state index < -0.39 is 54.5 Å². The number of benzene rings is 1. The molecule has 186 valence electrons. The van der Waals surface area contributed by atoms with Crippen molar-refractivity contribution in [1.29, 1.82) is 0 Å². The van der Waals surface area contributed by atoms with Gasteiger partial charge in [0.2, 0.25) is 0 Å². The number of rotatable bonds is 7. The Hall–Kier alpha value is -4.06. The lowest BCUT2D eigenvalue weighted by molar-refractivity contribution is -0.265. The van der Waals surface area contributed by atoms with E-state index in [1.54, 1.807) is 6.08 Å². The zero-order valence-electron chi connectivity index (χ0n) is 19.6. The highest BCUT2D eigenvalue weighted by molar-refractivity contribution is 5.77. The molecule has 0 radical (unpaired) electrons. The second-order valence-electron chi connectivity index (χ2n) is 7.60. The molecule has 1 aromatic heterocycles. The number of carbonyl (C=O) groups excluding carboxylic acids is 4. The molecule has 3 rings (SSSR count). The van der Waals surface area contributed by atoms with E-state index in [4.69, 9.17) is 23.7 Å². The minimum Gasteiger partial charge on any atom is -0.467 e. The van der Waals surface area contributed by atoms with Crippen LogP contribution < -0.4 is 0 Å². The molecule has 0 N–H and O–H groups in total.